The number of nitrogens with one attached hydrogen (secondary N) is 4. The normalized spacial score (nSPS) is 21.3. The molecule has 2 saturated carbocycles. The summed E-state index contributed by atoms with van der Waals surface area (Å²) < 4.78 is 0. The maximum absolute atomic E-state index is 12.4. The zero-order chi connectivity index (χ0) is 26.4. The number of hydroxylamine groups is 1. The van der Waals surface area contributed by atoms with Crippen LogP contribution in [0.15, 0.2) is 48.5 Å². The molecule has 194 valence electrons. The molecule has 2 aromatic carbocycles. The minimum Gasteiger partial charge on any atom is -0.391 e. The first-order valence-corrected chi connectivity index (χ1v) is 12.5. The number of aliphatic hydroxyl groups excluding tert-OH is 1. The second-order valence-corrected chi connectivity index (χ2v) is 9.78. The van der Waals surface area contributed by atoms with Gasteiger partial charge in [0.15, 0.2) is 0 Å². The van der Waals surface area contributed by atoms with Gasteiger partial charge in [-0.25, -0.2) is 5.48 Å². The van der Waals surface area contributed by atoms with Crippen molar-refractivity contribution in [2.24, 2.45) is 11.8 Å². The van der Waals surface area contributed by atoms with Crippen LogP contribution >= 0.6 is 0 Å². The van der Waals surface area contributed by atoms with Crippen LogP contribution in [0.1, 0.15) is 54.1 Å². The summed E-state index contributed by atoms with van der Waals surface area (Å²) in [6, 6.07) is 12.9. The van der Waals surface area contributed by atoms with Gasteiger partial charge in [-0.15, -0.1) is 0 Å². The third-order valence-electron chi connectivity index (χ3n) is 7.09. The van der Waals surface area contributed by atoms with Crippen LogP contribution < -0.4 is 21.4 Å². The Kier molecular flexibility index (Phi) is 8.56. The zero-order valence-corrected chi connectivity index (χ0v) is 20.7. The van der Waals surface area contributed by atoms with E-state index in [0.717, 1.165) is 17.4 Å². The van der Waals surface area contributed by atoms with Gasteiger partial charge >= 0.3 is 0 Å². The monoisotopic (exact) mass is 504 g/mol. The van der Waals surface area contributed by atoms with Crippen molar-refractivity contribution in [2.75, 3.05) is 11.9 Å². The summed E-state index contributed by atoms with van der Waals surface area (Å²) >= 11 is 0. The topological polar surface area (TPSA) is 140 Å². The lowest BCUT2D eigenvalue weighted by molar-refractivity contribution is -0.133. The van der Waals surface area contributed by atoms with Gasteiger partial charge in [0.05, 0.1) is 12.6 Å². The van der Waals surface area contributed by atoms with Crippen molar-refractivity contribution in [1.82, 2.24) is 16.1 Å². The maximum Gasteiger partial charge on any atom is 0.268 e. The van der Waals surface area contributed by atoms with E-state index >= 15 is 0 Å². The minimum absolute atomic E-state index is 0.0532. The predicted octanol–water partition coefficient (Wildman–Crippen LogP) is 1.79. The lowest BCUT2D eigenvalue weighted by Gasteiger charge is -2.22. The lowest BCUT2D eigenvalue weighted by atomic mass is 9.95. The third-order valence-corrected chi connectivity index (χ3v) is 7.09. The lowest BCUT2D eigenvalue weighted by Crippen LogP contribution is -2.51. The zero-order valence-electron chi connectivity index (χ0n) is 20.7. The van der Waals surface area contributed by atoms with Gasteiger partial charge in [0.25, 0.3) is 11.8 Å². The fourth-order valence-electron chi connectivity index (χ4n) is 5.11. The van der Waals surface area contributed by atoms with Crippen LogP contribution in [0.5, 0.6) is 0 Å². The Morgan fingerprint density at radius 3 is 2.16 bits per heavy atom. The molecule has 1 unspecified atom stereocenters. The van der Waals surface area contributed by atoms with E-state index in [9.17, 15) is 19.5 Å². The molecule has 37 heavy (non-hydrogen) atoms. The van der Waals surface area contributed by atoms with Crippen molar-refractivity contribution in [2.45, 2.75) is 50.8 Å². The van der Waals surface area contributed by atoms with E-state index in [1.807, 2.05) is 24.3 Å². The second-order valence-electron chi connectivity index (χ2n) is 9.78. The standard InChI is InChI=1S/C28H32N4O5/c1-17(33)26(28(36)32-37)31-27(35)21-9-4-18(5-10-21)2-3-19-7-12-23(13-8-19)30-25(34)16-29-24-15-20-6-11-22(24)14-20/h4-5,7-10,12-13,17,20,22,24,26,29,33,37H,6,11,14-16H2,1H3,(H,30,34)(H,31,35)(H,32,36)/t17-,20+,22-,24?,26+/m1/s1. The Morgan fingerprint density at radius 1 is 0.973 bits per heavy atom. The van der Waals surface area contributed by atoms with Crippen molar-refractivity contribution >= 4 is 23.4 Å². The molecule has 9 heteroatoms. The summed E-state index contributed by atoms with van der Waals surface area (Å²) in [5, 5.41) is 27.1. The molecule has 2 fully saturated rings. The highest BCUT2D eigenvalue weighted by Crippen LogP contribution is 2.44. The summed E-state index contributed by atoms with van der Waals surface area (Å²) in [5.41, 5.74) is 3.87. The van der Waals surface area contributed by atoms with Crippen LogP contribution in [-0.4, -0.2) is 52.8 Å². The smallest absolute Gasteiger partial charge is 0.268 e. The molecule has 0 spiro atoms. The first-order valence-electron chi connectivity index (χ1n) is 12.5. The molecule has 0 heterocycles. The molecular weight excluding hydrogens is 472 g/mol. The van der Waals surface area contributed by atoms with Crippen LogP contribution in [0.25, 0.3) is 0 Å². The van der Waals surface area contributed by atoms with Crippen LogP contribution in [-0.2, 0) is 9.59 Å². The number of hydrogen-bond acceptors (Lipinski definition) is 6. The van der Waals surface area contributed by atoms with Gasteiger partial charge in [-0.3, -0.25) is 19.6 Å². The number of rotatable bonds is 8. The average Bonchev–Trinajstić information content (AvgIpc) is 3.53. The fraction of sp³-hybridized carbons (Fsp3) is 0.393. The van der Waals surface area contributed by atoms with Crippen molar-refractivity contribution < 1.29 is 24.7 Å². The maximum atomic E-state index is 12.4. The molecule has 2 aliphatic carbocycles. The third kappa shape index (κ3) is 6.95. The van der Waals surface area contributed by atoms with Crippen molar-refractivity contribution in [3.8, 4) is 11.8 Å². The molecule has 3 amide bonds. The molecule has 4 rings (SSSR count). The fourth-order valence-corrected chi connectivity index (χ4v) is 5.11. The molecule has 0 saturated heterocycles. The summed E-state index contributed by atoms with van der Waals surface area (Å²) in [7, 11) is 0. The van der Waals surface area contributed by atoms with E-state index in [1.165, 1.54) is 38.1 Å². The molecule has 0 aromatic heterocycles. The highest BCUT2D eigenvalue weighted by molar-refractivity contribution is 5.97. The number of benzene rings is 2. The average molecular weight is 505 g/mol. The van der Waals surface area contributed by atoms with E-state index in [4.69, 9.17) is 5.21 Å². The molecule has 6 N–H and O–H groups in total. The second kappa shape index (κ2) is 12.0. The van der Waals surface area contributed by atoms with Gasteiger partial charge in [-0.05, 0) is 86.6 Å². The number of anilines is 1. The number of carbonyl (C=O) groups excluding carboxylic acids is 3. The van der Waals surface area contributed by atoms with Gasteiger partial charge in [0.1, 0.15) is 6.04 Å². The Bertz CT molecular complexity index is 1180. The van der Waals surface area contributed by atoms with Crippen LogP contribution in [0.3, 0.4) is 0 Å². The molecule has 0 aliphatic heterocycles. The van der Waals surface area contributed by atoms with E-state index in [1.54, 1.807) is 24.3 Å². The summed E-state index contributed by atoms with van der Waals surface area (Å²) in [5.74, 6) is 6.10. The van der Waals surface area contributed by atoms with Crippen molar-refractivity contribution in [3.05, 3.63) is 65.2 Å². The van der Waals surface area contributed by atoms with Gasteiger partial charge in [-0.2, -0.15) is 0 Å². The number of amides is 3. The molecule has 2 bridgehead atoms. The summed E-state index contributed by atoms with van der Waals surface area (Å²) in [6.45, 7) is 1.65. The van der Waals surface area contributed by atoms with Crippen molar-refractivity contribution in [1.29, 1.82) is 0 Å². The van der Waals surface area contributed by atoms with Crippen LogP contribution in [0.2, 0.25) is 0 Å². The molecule has 9 nitrogen and oxygen atoms in total. The van der Waals surface area contributed by atoms with Crippen LogP contribution in [0.4, 0.5) is 5.69 Å². The van der Waals surface area contributed by atoms with Crippen LogP contribution in [0, 0.1) is 23.7 Å². The predicted molar refractivity (Wildman–Crippen MR) is 138 cm³/mol. The first kappa shape index (κ1) is 26.4. The number of hydrogen-bond donors (Lipinski definition) is 6. The van der Waals surface area contributed by atoms with E-state index in [0.29, 0.717) is 23.8 Å². The number of aliphatic hydroxyl groups is 1. The number of carbonyl (C=O) groups is 3. The molecular formula is C28H32N4O5. The van der Waals surface area contributed by atoms with Gasteiger partial charge in [0.2, 0.25) is 5.91 Å². The van der Waals surface area contributed by atoms with E-state index in [-0.39, 0.29) is 11.5 Å². The largest absolute Gasteiger partial charge is 0.391 e. The molecule has 2 aromatic rings. The quantitative estimate of drug-likeness (QED) is 0.184. The first-order chi connectivity index (χ1) is 17.8. The number of fused-ring (bicyclic) bond motifs is 2. The van der Waals surface area contributed by atoms with Gasteiger partial charge < -0.3 is 21.1 Å². The molecule has 5 atom stereocenters. The Labute approximate surface area is 216 Å². The highest BCUT2D eigenvalue weighted by Gasteiger charge is 2.39. The Hall–Kier alpha value is -3.71. The van der Waals surface area contributed by atoms with E-state index in [2.05, 4.69) is 27.8 Å². The summed E-state index contributed by atoms with van der Waals surface area (Å²) in [6.07, 6.45) is 3.92. The Balaban J connectivity index is 1.26. The highest BCUT2D eigenvalue weighted by atomic mass is 16.5. The molecule has 0 radical (unpaired) electrons. The van der Waals surface area contributed by atoms with E-state index < -0.39 is 24.0 Å². The minimum atomic E-state index is -1.29. The molecule has 2 aliphatic rings. The SMILES string of the molecule is C[C@@H](O)[C@H](NC(=O)c1ccc(C#Cc2ccc(NC(=O)CNC3C[C@H]4CC[C@@H]3C4)cc2)cc1)C(=O)NO. The summed E-state index contributed by atoms with van der Waals surface area (Å²) in [4.78, 5) is 36.3. The van der Waals surface area contributed by atoms with Gasteiger partial charge in [0, 0.05) is 28.4 Å². The Morgan fingerprint density at radius 2 is 1.62 bits per heavy atom. The van der Waals surface area contributed by atoms with Crippen molar-refractivity contribution in [3.63, 3.8) is 0 Å². The van der Waals surface area contributed by atoms with Gasteiger partial charge in [-0.1, -0.05) is 18.3 Å².